The number of likely N-dealkylation sites (N-methyl/N-ethyl adjacent to an activating group) is 1. The normalized spacial score (nSPS) is 12.2. The highest BCUT2D eigenvalue weighted by molar-refractivity contribution is 5.34. The van der Waals surface area contributed by atoms with Gasteiger partial charge in [-0.2, -0.15) is 0 Å². The second-order valence-corrected chi connectivity index (χ2v) is 4.66. The lowest BCUT2D eigenvalue weighted by molar-refractivity contribution is 0.379. The van der Waals surface area contributed by atoms with Gasteiger partial charge in [0.15, 0.2) is 11.6 Å². The van der Waals surface area contributed by atoms with Crippen LogP contribution in [-0.4, -0.2) is 13.7 Å². The lowest BCUT2D eigenvalue weighted by atomic mass is 9.98. The molecule has 0 aliphatic carbocycles. The summed E-state index contributed by atoms with van der Waals surface area (Å²) in [5, 5.41) is 3.34. The smallest absolute Gasteiger partial charge is 0.169 e. The summed E-state index contributed by atoms with van der Waals surface area (Å²) >= 11 is 0. The molecule has 2 rings (SSSR count). The highest BCUT2D eigenvalue weighted by atomic mass is 19.1. The van der Waals surface area contributed by atoms with Crippen LogP contribution in [0.1, 0.15) is 24.1 Å². The fourth-order valence-corrected chi connectivity index (χ4v) is 2.34. The van der Waals surface area contributed by atoms with Crippen molar-refractivity contribution >= 4 is 0 Å². The molecule has 0 fully saturated rings. The maximum atomic E-state index is 14.4. The van der Waals surface area contributed by atoms with Gasteiger partial charge < -0.3 is 10.1 Å². The van der Waals surface area contributed by atoms with Crippen LogP contribution in [0, 0.1) is 5.82 Å². The Bertz CT molecular complexity index is 542. The van der Waals surface area contributed by atoms with Crippen LogP contribution in [0.5, 0.6) is 5.75 Å². The lowest BCUT2D eigenvalue weighted by Gasteiger charge is -2.20. The summed E-state index contributed by atoms with van der Waals surface area (Å²) in [6, 6.07) is 15.3. The first kappa shape index (κ1) is 14.5. The standard InChI is InChI=1S/C17H20FNO/c1-3-19-15(12-13-8-5-4-6-9-13)14-10-7-11-16(20-2)17(14)18/h4-11,15,19H,3,12H2,1-2H3. The molecule has 1 atom stereocenters. The van der Waals surface area contributed by atoms with Crippen LogP contribution >= 0.6 is 0 Å². The van der Waals surface area contributed by atoms with Crippen LogP contribution in [0.15, 0.2) is 48.5 Å². The molecular weight excluding hydrogens is 253 g/mol. The van der Waals surface area contributed by atoms with Gasteiger partial charge in [0.2, 0.25) is 0 Å². The van der Waals surface area contributed by atoms with Crippen molar-refractivity contribution < 1.29 is 9.13 Å². The zero-order valence-corrected chi connectivity index (χ0v) is 11.9. The molecule has 3 heteroatoms. The third kappa shape index (κ3) is 3.36. The van der Waals surface area contributed by atoms with Crippen molar-refractivity contribution in [1.82, 2.24) is 5.32 Å². The molecule has 0 saturated carbocycles. The predicted molar refractivity (Wildman–Crippen MR) is 79.5 cm³/mol. The van der Waals surface area contributed by atoms with Crippen LogP contribution in [-0.2, 0) is 6.42 Å². The summed E-state index contributed by atoms with van der Waals surface area (Å²) in [6.45, 7) is 2.81. The molecule has 0 saturated heterocycles. The Labute approximate surface area is 119 Å². The molecule has 0 aromatic heterocycles. The number of nitrogens with one attached hydrogen (secondary N) is 1. The minimum atomic E-state index is -0.281. The molecular formula is C17H20FNO. The van der Waals surface area contributed by atoms with Gasteiger partial charge in [-0.25, -0.2) is 4.39 Å². The van der Waals surface area contributed by atoms with Crippen molar-refractivity contribution in [3.63, 3.8) is 0 Å². The first-order valence-electron chi connectivity index (χ1n) is 6.86. The van der Waals surface area contributed by atoms with Crippen molar-refractivity contribution in [2.24, 2.45) is 0 Å². The molecule has 2 nitrogen and oxygen atoms in total. The first-order chi connectivity index (χ1) is 9.76. The quantitative estimate of drug-likeness (QED) is 0.866. The molecule has 1 N–H and O–H groups in total. The minimum Gasteiger partial charge on any atom is -0.494 e. The van der Waals surface area contributed by atoms with Crippen molar-refractivity contribution in [2.75, 3.05) is 13.7 Å². The summed E-state index contributed by atoms with van der Waals surface area (Å²) in [4.78, 5) is 0. The largest absolute Gasteiger partial charge is 0.494 e. The van der Waals surface area contributed by atoms with E-state index in [0.29, 0.717) is 11.3 Å². The average Bonchev–Trinajstić information content (AvgIpc) is 2.48. The summed E-state index contributed by atoms with van der Waals surface area (Å²) in [7, 11) is 1.49. The van der Waals surface area contributed by atoms with Crippen LogP contribution < -0.4 is 10.1 Å². The van der Waals surface area contributed by atoms with Gasteiger partial charge in [0.1, 0.15) is 0 Å². The molecule has 0 radical (unpaired) electrons. The summed E-state index contributed by atoms with van der Waals surface area (Å²) in [6.07, 6.45) is 0.749. The van der Waals surface area contributed by atoms with E-state index >= 15 is 0 Å². The monoisotopic (exact) mass is 273 g/mol. The van der Waals surface area contributed by atoms with Gasteiger partial charge in [-0.15, -0.1) is 0 Å². The van der Waals surface area contributed by atoms with E-state index in [2.05, 4.69) is 17.4 Å². The van der Waals surface area contributed by atoms with Gasteiger partial charge in [0.05, 0.1) is 7.11 Å². The van der Waals surface area contributed by atoms with Crippen LogP contribution in [0.3, 0.4) is 0 Å². The van der Waals surface area contributed by atoms with E-state index in [0.717, 1.165) is 13.0 Å². The van der Waals surface area contributed by atoms with Crippen LogP contribution in [0.25, 0.3) is 0 Å². The minimum absolute atomic E-state index is 0.0579. The highest BCUT2D eigenvalue weighted by Gasteiger charge is 2.18. The van der Waals surface area contributed by atoms with E-state index < -0.39 is 0 Å². The molecule has 0 aliphatic heterocycles. The Morgan fingerprint density at radius 1 is 1.10 bits per heavy atom. The number of benzene rings is 2. The Balaban J connectivity index is 2.29. The number of methoxy groups -OCH3 is 1. The zero-order valence-electron chi connectivity index (χ0n) is 11.9. The summed E-state index contributed by atoms with van der Waals surface area (Å²) in [5.74, 6) is 0.00958. The third-order valence-electron chi connectivity index (χ3n) is 3.32. The van der Waals surface area contributed by atoms with Crippen LogP contribution in [0.4, 0.5) is 4.39 Å². The molecule has 20 heavy (non-hydrogen) atoms. The maximum absolute atomic E-state index is 14.4. The molecule has 2 aromatic carbocycles. The van der Waals surface area contributed by atoms with E-state index in [1.165, 1.54) is 12.7 Å². The number of rotatable bonds is 6. The van der Waals surface area contributed by atoms with E-state index in [4.69, 9.17) is 4.74 Å². The Morgan fingerprint density at radius 3 is 2.50 bits per heavy atom. The Hall–Kier alpha value is -1.87. The van der Waals surface area contributed by atoms with Crippen molar-refractivity contribution in [3.8, 4) is 5.75 Å². The second kappa shape index (κ2) is 7.06. The number of hydrogen-bond donors (Lipinski definition) is 1. The van der Waals surface area contributed by atoms with Crippen molar-refractivity contribution in [1.29, 1.82) is 0 Å². The van der Waals surface area contributed by atoms with E-state index in [-0.39, 0.29) is 11.9 Å². The fraction of sp³-hybridized carbons (Fsp3) is 0.294. The topological polar surface area (TPSA) is 21.3 Å². The Kier molecular flexibility index (Phi) is 5.13. The number of hydrogen-bond acceptors (Lipinski definition) is 2. The van der Waals surface area contributed by atoms with Crippen molar-refractivity contribution in [3.05, 3.63) is 65.5 Å². The average molecular weight is 273 g/mol. The maximum Gasteiger partial charge on any atom is 0.169 e. The van der Waals surface area contributed by atoms with Crippen LogP contribution in [0.2, 0.25) is 0 Å². The summed E-state index contributed by atoms with van der Waals surface area (Å²) in [5.41, 5.74) is 1.83. The van der Waals surface area contributed by atoms with Crippen molar-refractivity contribution in [2.45, 2.75) is 19.4 Å². The summed E-state index contributed by atoms with van der Waals surface area (Å²) < 4.78 is 19.4. The van der Waals surface area contributed by atoms with Gasteiger partial charge in [-0.3, -0.25) is 0 Å². The van der Waals surface area contributed by atoms with E-state index in [1.54, 1.807) is 6.07 Å². The second-order valence-electron chi connectivity index (χ2n) is 4.66. The zero-order chi connectivity index (χ0) is 14.4. The Morgan fingerprint density at radius 2 is 1.85 bits per heavy atom. The van der Waals surface area contributed by atoms with Gasteiger partial charge >= 0.3 is 0 Å². The molecule has 0 aliphatic rings. The predicted octanol–water partition coefficient (Wildman–Crippen LogP) is 3.73. The number of ether oxygens (including phenoxy) is 1. The fourth-order valence-electron chi connectivity index (χ4n) is 2.34. The van der Waals surface area contributed by atoms with Gasteiger partial charge in [-0.05, 0) is 24.6 Å². The first-order valence-corrected chi connectivity index (χ1v) is 6.86. The molecule has 0 heterocycles. The SMILES string of the molecule is CCNC(Cc1ccccc1)c1cccc(OC)c1F. The molecule has 0 amide bonds. The van der Waals surface area contributed by atoms with Gasteiger partial charge in [0.25, 0.3) is 0 Å². The molecule has 0 spiro atoms. The van der Waals surface area contributed by atoms with E-state index in [1.807, 2.05) is 37.3 Å². The molecule has 1 unspecified atom stereocenters. The molecule has 106 valence electrons. The highest BCUT2D eigenvalue weighted by Crippen LogP contribution is 2.27. The third-order valence-corrected chi connectivity index (χ3v) is 3.32. The van der Waals surface area contributed by atoms with E-state index in [9.17, 15) is 4.39 Å². The number of halogens is 1. The lowest BCUT2D eigenvalue weighted by Crippen LogP contribution is -2.24. The van der Waals surface area contributed by atoms with Gasteiger partial charge in [-0.1, -0.05) is 49.4 Å². The van der Waals surface area contributed by atoms with Gasteiger partial charge in [0, 0.05) is 11.6 Å². The molecule has 0 bridgehead atoms. The molecule has 2 aromatic rings.